The summed E-state index contributed by atoms with van der Waals surface area (Å²) >= 11 is 0. The molecule has 0 aliphatic heterocycles. The molecule has 1 heteroatoms. The predicted molar refractivity (Wildman–Crippen MR) is 73.2 cm³/mol. The van der Waals surface area contributed by atoms with Gasteiger partial charge in [0.1, 0.15) is 0 Å². The van der Waals surface area contributed by atoms with Crippen LogP contribution in [0.5, 0.6) is 0 Å². The van der Waals surface area contributed by atoms with E-state index in [-0.39, 0.29) is 0 Å². The van der Waals surface area contributed by atoms with Crippen LogP contribution in [-0.4, -0.2) is 4.98 Å². The highest BCUT2D eigenvalue weighted by Gasteiger charge is 2.05. The Balaban J connectivity index is 2.47. The van der Waals surface area contributed by atoms with Gasteiger partial charge in [0.05, 0.1) is 0 Å². The minimum absolute atomic E-state index is 0.582. The lowest BCUT2D eigenvalue weighted by molar-refractivity contribution is 0.865. The third-order valence-electron chi connectivity index (χ3n) is 3.10. The van der Waals surface area contributed by atoms with E-state index in [1.54, 1.807) is 0 Å². The Kier molecular flexibility index (Phi) is 3.28. The minimum Gasteiger partial charge on any atom is -0.264 e. The summed E-state index contributed by atoms with van der Waals surface area (Å²) in [6, 6.07) is 8.89. The van der Waals surface area contributed by atoms with Crippen LogP contribution < -0.4 is 0 Å². The van der Waals surface area contributed by atoms with Crippen LogP contribution in [0.3, 0.4) is 0 Å². The molecule has 0 unspecified atom stereocenters. The van der Waals surface area contributed by atoms with Crippen LogP contribution in [0, 0.1) is 13.8 Å². The lowest BCUT2D eigenvalue weighted by Crippen LogP contribution is -1.91. The van der Waals surface area contributed by atoms with Gasteiger partial charge in [0.15, 0.2) is 0 Å². The number of aryl methyl sites for hydroxylation is 2. The van der Waals surface area contributed by atoms with E-state index in [9.17, 15) is 0 Å². The summed E-state index contributed by atoms with van der Waals surface area (Å²) in [6.07, 6.45) is 3.83. The van der Waals surface area contributed by atoms with Crippen molar-refractivity contribution in [2.45, 2.75) is 33.6 Å². The second-order valence-corrected chi connectivity index (χ2v) is 4.98. The lowest BCUT2D eigenvalue weighted by atomic mass is 9.95. The maximum absolute atomic E-state index is 4.26. The molecule has 1 aromatic heterocycles. The molecule has 2 aromatic rings. The third kappa shape index (κ3) is 2.55. The van der Waals surface area contributed by atoms with E-state index in [1.165, 1.54) is 27.8 Å². The second kappa shape index (κ2) is 4.70. The average molecular weight is 225 g/mol. The summed E-state index contributed by atoms with van der Waals surface area (Å²) in [5.41, 5.74) is 6.41. The third-order valence-corrected chi connectivity index (χ3v) is 3.10. The molecule has 0 atom stereocenters. The summed E-state index contributed by atoms with van der Waals surface area (Å²) in [5.74, 6) is 0.582. The Morgan fingerprint density at radius 1 is 1.00 bits per heavy atom. The van der Waals surface area contributed by atoms with Crippen molar-refractivity contribution in [2.75, 3.05) is 0 Å². The summed E-state index contributed by atoms with van der Waals surface area (Å²) in [6.45, 7) is 8.70. The molecule has 2 rings (SSSR count). The highest BCUT2D eigenvalue weighted by atomic mass is 14.6. The van der Waals surface area contributed by atoms with Gasteiger partial charge in [-0.2, -0.15) is 0 Å². The molecule has 0 fully saturated rings. The summed E-state index contributed by atoms with van der Waals surface area (Å²) in [5, 5.41) is 0. The molecule has 0 N–H and O–H groups in total. The highest BCUT2D eigenvalue weighted by molar-refractivity contribution is 5.67. The Hall–Kier alpha value is -1.63. The number of hydrogen-bond donors (Lipinski definition) is 0. The molecule has 1 nitrogen and oxygen atoms in total. The zero-order valence-corrected chi connectivity index (χ0v) is 11.0. The van der Waals surface area contributed by atoms with Crippen molar-refractivity contribution in [3.05, 3.63) is 53.3 Å². The number of aromatic nitrogens is 1. The summed E-state index contributed by atoms with van der Waals surface area (Å²) in [7, 11) is 0. The molecule has 0 amide bonds. The number of benzene rings is 1. The van der Waals surface area contributed by atoms with Crippen molar-refractivity contribution in [1.82, 2.24) is 4.98 Å². The molecule has 0 aliphatic rings. The molecule has 0 radical (unpaired) electrons. The number of pyridine rings is 1. The van der Waals surface area contributed by atoms with Crippen LogP contribution in [0.25, 0.3) is 11.1 Å². The van der Waals surface area contributed by atoms with Gasteiger partial charge in [-0.25, -0.2) is 0 Å². The quantitative estimate of drug-likeness (QED) is 0.734. The van der Waals surface area contributed by atoms with Gasteiger partial charge >= 0.3 is 0 Å². The minimum atomic E-state index is 0.582. The van der Waals surface area contributed by atoms with Gasteiger partial charge < -0.3 is 0 Å². The van der Waals surface area contributed by atoms with Crippen LogP contribution in [0.1, 0.15) is 36.5 Å². The van der Waals surface area contributed by atoms with Gasteiger partial charge in [-0.15, -0.1) is 0 Å². The van der Waals surface area contributed by atoms with Crippen LogP contribution in [0.2, 0.25) is 0 Å². The molecule has 0 aliphatic carbocycles. The van der Waals surface area contributed by atoms with Gasteiger partial charge in [-0.05, 0) is 48.1 Å². The van der Waals surface area contributed by atoms with Crippen molar-refractivity contribution in [2.24, 2.45) is 0 Å². The number of rotatable bonds is 2. The van der Waals surface area contributed by atoms with E-state index in [1.807, 2.05) is 12.4 Å². The molecule has 1 aromatic carbocycles. The maximum atomic E-state index is 4.26. The first-order valence-electron chi connectivity index (χ1n) is 6.10. The van der Waals surface area contributed by atoms with E-state index in [0.717, 1.165) is 0 Å². The first kappa shape index (κ1) is 11.8. The average Bonchev–Trinajstić information content (AvgIpc) is 2.28. The Morgan fingerprint density at radius 3 is 2.35 bits per heavy atom. The van der Waals surface area contributed by atoms with E-state index in [0.29, 0.717) is 5.92 Å². The molecule has 17 heavy (non-hydrogen) atoms. The van der Waals surface area contributed by atoms with Gasteiger partial charge in [0.2, 0.25) is 0 Å². The normalized spacial score (nSPS) is 10.9. The Bertz CT molecular complexity index is 527. The molecular weight excluding hydrogens is 206 g/mol. The highest BCUT2D eigenvalue weighted by Crippen LogP contribution is 2.26. The second-order valence-electron chi connectivity index (χ2n) is 4.98. The standard InChI is InChI=1S/C16H19N/c1-11(2)14-5-6-16(13(4)8-14)15-7-12(3)9-17-10-15/h5-11H,1-4H3. The van der Waals surface area contributed by atoms with Gasteiger partial charge in [0.25, 0.3) is 0 Å². The van der Waals surface area contributed by atoms with Crippen molar-refractivity contribution in [3.63, 3.8) is 0 Å². The van der Waals surface area contributed by atoms with E-state index >= 15 is 0 Å². The zero-order chi connectivity index (χ0) is 12.4. The topological polar surface area (TPSA) is 12.9 Å². The lowest BCUT2D eigenvalue weighted by Gasteiger charge is -2.11. The summed E-state index contributed by atoms with van der Waals surface area (Å²) in [4.78, 5) is 4.26. The van der Waals surface area contributed by atoms with Gasteiger partial charge in [-0.3, -0.25) is 4.98 Å². The van der Waals surface area contributed by atoms with Crippen LogP contribution >= 0.6 is 0 Å². The fraction of sp³-hybridized carbons (Fsp3) is 0.312. The van der Waals surface area contributed by atoms with Crippen molar-refractivity contribution < 1.29 is 0 Å². The van der Waals surface area contributed by atoms with Crippen molar-refractivity contribution in [1.29, 1.82) is 0 Å². The molecule has 88 valence electrons. The van der Waals surface area contributed by atoms with E-state index in [4.69, 9.17) is 0 Å². The summed E-state index contributed by atoms with van der Waals surface area (Å²) < 4.78 is 0. The maximum Gasteiger partial charge on any atom is 0.0346 e. The SMILES string of the molecule is Cc1cncc(-c2ccc(C(C)C)cc2C)c1. The van der Waals surface area contributed by atoms with Gasteiger partial charge in [0, 0.05) is 18.0 Å². The van der Waals surface area contributed by atoms with Crippen molar-refractivity contribution in [3.8, 4) is 11.1 Å². The zero-order valence-electron chi connectivity index (χ0n) is 11.0. The number of nitrogens with zero attached hydrogens (tertiary/aromatic N) is 1. The molecule has 0 spiro atoms. The van der Waals surface area contributed by atoms with E-state index < -0.39 is 0 Å². The fourth-order valence-electron chi connectivity index (χ4n) is 2.07. The molecule has 0 bridgehead atoms. The number of hydrogen-bond acceptors (Lipinski definition) is 1. The first-order valence-corrected chi connectivity index (χ1v) is 6.10. The van der Waals surface area contributed by atoms with Gasteiger partial charge in [-0.1, -0.05) is 32.0 Å². The molecule has 1 heterocycles. The smallest absolute Gasteiger partial charge is 0.0346 e. The van der Waals surface area contributed by atoms with Crippen LogP contribution in [0.4, 0.5) is 0 Å². The first-order chi connectivity index (χ1) is 8.08. The van der Waals surface area contributed by atoms with Crippen molar-refractivity contribution >= 4 is 0 Å². The molecule has 0 saturated carbocycles. The van der Waals surface area contributed by atoms with Crippen LogP contribution in [0.15, 0.2) is 36.7 Å². The van der Waals surface area contributed by atoms with Crippen LogP contribution in [-0.2, 0) is 0 Å². The fourth-order valence-corrected chi connectivity index (χ4v) is 2.07. The monoisotopic (exact) mass is 225 g/mol. The molecular formula is C16H19N. The van der Waals surface area contributed by atoms with E-state index in [2.05, 4.69) is 56.9 Å². The largest absolute Gasteiger partial charge is 0.264 e. The predicted octanol–water partition coefficient (Wildman–Crippen LogP) is 4.49. The Labute approximate surface area is 104 Å². The molecule has 0 saturated heterocycles. The Morgan fingerprint density at radius 2 is 1.76 bits per heavy atom.